The number of nitrogens with one attached hydrogen (secondary N) is 2. The van der Waals surface area contributed by atoms with Gasteiger partial charge in [-0.05, 0) is 36.2 Å². The van der Waals surface area contributed by atoms with Crippen LogP contribution in [0.2, 0.25) is 0 Å². The SMILES string of the molecule is COc1ccc2cc1OCCn1nc(-c3ccccc3)nc1[C@@H](C(C)C)NC(=O)CN(C(=O)c1cnc3ccccn3c1=O)CCNC2=O. The van der Waals surface area contributed by atoms with Gasteiger partial charge in [0.2, 0.25) is 5.91 Å². The molecule has 1 aliphatic heterocycles. The summed E-state index contributed by atoms with van der Waals surface area (Å²) in [4.78, 5) is 64.5. The summed E-state index contributed by atoms with van der Waals surface area (Å²) in [6.45, 7) is 3.83. The third kappa shape index (κ3) is 7.12. The molecule has 2 aromatic carbocycles. The van der Waals surface area contributed by atoms with E-state index in [0.29, 0.717) is 34.4 Å². The van der Waals surface area contributed by atoms with Crippen LogP contribution in [0.4, 0.5) is 0 Å². The van der Waals surface area contributed by atoms with E-state index < -0.39 is 35.9 Å². The van der Waals surface area contributed by atoms with Crippen LogP contribution in [0.3, 0.4) is 0 Å². The lowest BCUT2D eigenvalue weighted by Crippen LogP contribution is -2.47. The maximum atomic E-state index is 13.9. The molecule has 1 aliphatic rings. The molecule has 0 fully saturated rings. The molecule has 0 saturated heterocycles. The lowest BCUT2D eigenvalue weighted by molar-refractivity contribution is -0.123. The van der Waals surface area contributed by atoms with E-state index in [1.54, 1.807) is 41.1 Å². The van der Waals surface area contributed by atoms with Crippen LogP contribution in [-0.2, 0) is 11.3 Å². The summed E-state index contributed by atoms with van der Waals surface area (Å²) in [5, 5.41) is 10.6. The van der Waals surface area contributed by atoms with Gasteiger partial charge in [-0.3, -0.25) is 23.6 Å². The van der Waals surface area contributed by atoms with Gasteiger partial charge < -0.3 is 25.0 Å². The normalized spacial score (nSPS) is 15.9. The second-order valence-corrected chi connectivity index (χ2v) is 11.8. The van der Waals surface area contributed by atoms with Gasteiger partial charge in [-0.2, -0.15) is 5.10 Å². The van der Waals surface area contributed by atoms with Crippen molar-refractivity contribution in [2.45, 2.75) is 26.4 Å². The summed E-state index contributed by atoms with van der Waals surface area (Å²) in [6, 6.07) is 18.7. The van der Waals surface area contributed by atoms with Crippen LogP contribution in [-0.4, -0.2) is 80.1 Å². The number of carbonyl (C=O) groups is 3. The molecule has 6 rings (SSSR count). The Kier molecular flexibility index (Phi) is 9.65. The number of hydrogen-bond donors (Lipinski definition) is 2. The number of methoxy groups -OCH3 is 1. The molecule has 49 heavy (non-hydrogen) atoms. The largest absolute Gasteiger partial charge is 0.493 e. The fourth-order valence-corrected chi connectivity index (χ4v) is 5.56. The molecule has 3 aromatic heterocycles. The fraction of sp³-hybridized carbons (Fsp3) is 0.286. The molecule has 0 aliphatic carbocycles. The molecule has 252 valence electrons. The Hall–Kier alpha value is -6.05. The zero-order chi connectivity index (χ0) is 34.5. The standard InChI is InChI=1S/C35H36N8O6/c1-22(2)30-32-39-31(23-9-5-4-6-10-23)40-43(32)17-18-49-27-19-24(12-13-26(27)48-3)33(45)36-14-16-41(21-29(44)38-30)34(46)25-20-37-28-11-7-8-15-42(28)35(25)47/h4-13,15,19-20,22,30H,14,16-18,21H2,1-3H3,(H,36,45)(H,38,44)/t30-/m1/s1. The Morgan fingerprint density at radius 3 is 2.57 bits per heavy atom. The second-order valence-electron chi connectivity index (χ2n) is 11.8. The predicted molar refractivity (Wildman–Crippen MR) is 179 cm³/mol. The molecule has 0 spiro atoms. The minimum Gasteiger partial charge on any atom is -0.493 e. The van der Waals surface area contributed by atoms with E-state index in [4.69, 9.17) is 19.6 Å². The minimum absolute atomic E-state index is 0.00914. The second kappa shape index (κ2) is 14.4. The van der Waals surface area contributed by atoms with E-state index in [0.717, 1.165) is 5.56 Å². The van der Waals surface area contributed by atoms with Crippen molar-refractivity contribution in [3.8, 4) is 22.9 Å². The molecule has 0 unspecified atom stereocenters. The van der Waals surface area contributed by atoms with Crippen molar-refractivity contribution in [3.63, 3.8) is 0 Å². The topological polar surface area (TPSA) is 162 Å². The van der Waals surface area contributed by atoms with E-state index in [1.165, 1.54) is 28.8 Å². The zero-order valence-corrected chi connectivity index (χ0v) is 27.3. The quantitative estimate of drug-likeness (QED) is 0.294. The van der Waals surface area contributed by atoms with Crippen molar-refractivity contribution in [3.05, 3.63) is 106 Å². The Bertz CT molecular complexity index is 2060. The van der Waals surface area contributed by atoms with Crippen LogP contribution in [0.1, 0.15) is 46.4 Å². The van der Waals surface area contributed by atoms with Crippen LogP contribution in [0.15, 0.2) is 83.9 Å². The average molecular weight is 665 g/mol. The summed E-state index contributed by atoms with van der Waals surface area (Å²) in [5.74, 6) is 0.0375. The van der Waals surface area contributed by atoms with Gasteiger partial charge in [0.15, 0.2) is 23.1 Å². The number of aromatic nitrogens is 5. The third-order valence-electron chi connectivity index (χ3n) is 8.11. The summed E-state index contributed by atoms with van der Waals surface area (Å²) >= 11 is 0. The van der Waals surface area contributed by atoms with Crippen molar-refractivity contribution in [1.29, 1.82) is 0 Å². The van der Waals surface area contributed by atoms with Crippen molar-refractivity contribution in [1.82, 2.24) is 39.7 Å². The number of ether oxygens (including phenoxy) is 2. The monoisotopic (exact) mass is 664 g/mol. The Labute approximate surface area is 281 Å². The highest BCUT2D eigenvalue weighted by Crippen LogP contribution is 2.29. The highest BCUT2D eigenvalue weighted by Gasteiger charge is 2.29. The van der Waals surface area contributed by atoms with Gasteiger partial charge in [0.25, 0.3) is 17.4 Å². The maximum Gasteiger partial charge on any atom is 0.270 e. The molecule has 4 heterocycles. The summed E-state index contributed by atoms with van der Waals surface area (Å²) in [7, 11) is 1.51. The molecular weight excluding hydrogens is 628 g/mol. The Morgan fingerprint density at radius 2 is 1.80 bits per heavy atom. The molecule has 0 radical (unpaired) electrons. The van der Waals surface area contributed by atoms with E-state index in [9.17, 15) is 19.2 Å². The first-order valence-corrected chi connectivity index (χ1v) is 15.9. The van der Waals surface area contributed by atoms with Crippen LogP contribution in [0.5, 0.6) is 11.5 Å². The molecule has 2 bridgehead atoms. The lowest BCUT2D eigenvalue weighted by Gasteiger charge is -2.26. The van der Waals surface area contributed by atoms with Crippen molar-refractivity contribution in [2.24, 2.45) is 5.92 Å². The number of nitrogens with zero attached hydrogens (tertiary/aromatic N) is 6. The van der Waals surface area contributed by atoms with Gasteiger partial charge in [-0.15, -0.1) is 0 Å². The van der Waals surface area contributed by atoms with Gasteiger partial charge in [0.1, 0.15) is 17.8 Å². The number of carbonyl (C=O) groups excluding carboxylic acids is 3. The average Bonchev–Trinajstić information content (AvgIpc) is 3.53. The first-order chi connectivity index (χ1) is 23.7. The van der Waals surface area contributed by atoms with Gasteiger partial charge >= 0.3 is 0 Å². The highest BCUT2D eigenvalue weighted by molar-refractivity contribution is 5.97. The van der Waals surface area contributed by atoms with E-state index >= 15 is 0 Å². The van der Waals surface area contributed by atoms with Crippen molar-refractivity contribution >= 4 is 23.4 Å². The van der Waals surface area contributed by atoms with Crippen LogP contribution < -0.4 is 25.7 Å². The van der Waals surface area contributed by atoms with Crippen molar-refractivity contribution in [2.75, 3.05) is 33.4 Å². The Morgan fingerprint density at radius 1 is 1.00 bits per heavy atom. The summed E-state index contributed by atoms with van der Waals surface area (Å²) in [6.07, 6.45) is 2.73. The fourth-order valence-electron chi connectivity index (χ4n) is 5.56. The van der Waals surface area contributed by atoms with Gasteiger partial charge in [0, 0.05) is 36.6 Å². The smallest absolute Gasteiger partial charge is 0.270 e. The van der Waals surface area contributed by atoms with Crippen molar-refractivity contribution < 1.29 is 23.9 Å². The van der Waals surface area contributed by atoms with Gasteiger partial charge in [0.05, 0.1) is 26.2 Å². The van der Waals surface area contributed by atoms with Crippen LogP contribution in [0, 0.1) is 5.92 Å². The molecule has 0 saturated carbocycles. The lowest BCUT2D eigenvalue weighted by atomic mass is 10.0. The number of hydrogen-bond acceptors (Lipinski definition) is 9. The van der Waals surface area contributed by atoms with E-state index in [2.05, 4.69) is 15.6 Å². The van der Waals surface area contributed by atoms with Gasteiger partial charge in [-0.1, -0.05) is 50.2 Å². The summed E-state index contributed by atoms with van der Waals surface area (Å²) < 4.78 is 14.5. The first kappa shape index (κ1) is 32.9. The molecule has 5 aromatic rings. The Balaban J connectivity index is 1.38. The first-order valence-electron chi connectivity index (χ1n) is 15.9. The van der Waals surface area contributed by atoms with E-state index in [1.807, 2.05) is 44.2 Å². The molecule has 3 amide bonds. The highest BCUT2D eigenvalue weighted by atomic mass is 16.5. The molecular formula is C35H36N8O6. The number of benzene rings is 2. The predicted octanol–water partition coefficient (Wildman–Crippen LogP) is 2.74. The minimum atomic E-state index is -0.700. The summed E-state index contributed by atoms with van der Waals surface area (Å²) in [5.41, 5.74) is 0.695. The molecule has 14 heteroatoms. The molecule has 14 nitrogen and oxygen atoms in total. The molecule has 1 atom stereocenters. The van der Waals surface area contributed by atoms with Gasteiger partial charge in [-0.25, -0.2) is 14.6 Å². The number of fused-ring (bicyclic) bond motifs is 4. The van der Waals surface area contributed by atoms with Crippen LogP contribution >= 0.6 is 0 Å². The third-order valence-corrected chi connectivity index (χ3v) is 8.11. The maximum absolute atomic E-state index is 13.9. The van der Waals surface area contributed by atoms with E-state index in [-0.39, 0.29) is 37.7 Å². The number of amides is 3. The number of pyridine rings is 1. The number of rotatable bonds is 4. The zero-order valence-electron chi connectivity index (χ0n) is 27.3. The van der Waals surface area contributed by atoms with Crippen LogP contribution in [0.25, 0.3) is 17.0 Å². The molecule has 2 N–H and O–H groups in total.